The van der Waals surface area contributed by atoms with Crippen molar-refractivity contribution in [3.63, 3.8) is 0 Å². The fraction of sp³-hybridized carbons (Fsp3) is 0.588. The number of benzene rings is 1. The van der Waals surface area contributed by atoms with Gasteiger partial charge in [-0.15, -0.1) is 11.3 Å². The molecule has 2 heterocycles. The number of hydrogen-bond acceptors (Lipinski definition) is 6. The molecule has 0 radical (unpaired) electrons. The van der Waals surface area contributed by atoms with Gasteiger partial charge in [-0.1, -0.05) is 13.3 Å². The second-order valence-electron chi connectivity index (χ2n) is 6.25. The molecule has 0 aliphatic carbocycles. The number of thiazole rings is 1. The number of aliphatic hydroxyl groups is 1. The highest BCUT2D eigenvalue weighted by molar-refractivity contribution is 7.89. The smallest absolute Gasteiger partial charge is 0.243 e. The Labute approximate surface area is 152 Å². The third-order valence-electron chi connectivity index (χ3n) is 4.61. The van der Waals surface area contributed by atoms with Gasteiger partial charge in [0, 0.05) is 19.7 Å². The molecular weight excluding hydrogens is 360 g/mol. The highest BCUT2D eigenvalue weighted by Gasteiger charge is 2.26. The molecule has 0 spiro atoms. The van der Waals surface area contributed by atoms with Crippen molar-refractivity contribution in [1.82, 2.24) is 9.29 Å². The zero-order valence-electron chi connectivity index (χ0n) is 14.3. The van der Waals surface area contributed by atoms with Crippen molar-refractivity contribution in [2.45, 2.75) is 31.1 Å². The Bertz CT molecular complexity index is 809. The summed E-state index contributed by atoms with van der Waals surface area (Å²) in [7, 11) is -3.48. The van der Waals surface area contributed by atoms with Crippen molar-refractivity contribution in [2.75, 3.05) is 32.9 Å². The van der Waals surface area contributed by atoms with Crippen LogP contribution < -0.4 is 0 Å². The lowest BCUT2D eigenvalue weighted by molar-refractivity contribution is 0.0730. The van der Waals surface area contributed by atoms with Crippen molar-refractivity contribution < 1.29 is 18.3 Å². The normalized spacial score (nSPS) is 17.8. The van der Waals surface area contributed by atoms with Crippen molar-refractivity contribution in [3.05, 3.63) is 23.2 Å². The summed E-state index contributed by atoms with van der Waals surface area (Å²) in [5, 5.41) is 10.3. The Hall–Kier alpha value is -1.06. The van der Waals surface area contributed by atoms with Crippen LogP contribution in [-0.4, -0.2) is 55.7 Å². The molecule has 1 fully saturated rings. The summed E-state index contributed by atoms with van der Waals surface area (Å²) in [5.41, 5.74) is 0.831. The molecule has 8 heteroatoms. The van der Waals surface area contributed by atoms with Gasteiger partial charge < -0.3 is 9.84 Å². The van der Waals surface area contributed by atoms with Crippen LogP contribution >= 0.6 is 11.3 Å². The number of aliphatic hydroxyl groups excluding tert-OH is 1. The van der Waals surface area contributed by atoms with Gasteiger partial charge in [-0.25, -0.2) is 13.4 Å². The average Bonchev–Trinajstić information content (AvgIpc) is 3.05. The van der Waals surface area contributed by atoms with E-state index < -0.39 is 10.0 Å². The van der Waals surface area contributed by atoms with E-state index in [1.807, 2.05) is 0 Å². The quantitative estimate of drug-likeness (QED) is 0.792. The monoisotopic (exact) mass is 384 g/mol. The number of nitrogens with zero attached hydrogens (tertiary/aromatic N) is 2. The van der Waals surface area contributed by atoms with Gasteiger partial charge in [0.25, 0.3) is 0 Å². The minimum atomic E-state index is -3.48. The molecule has 1 atom stereocenters. The fourth-order valence-corrected chi connectivity index (χ4v) is 5.44. The van der Waals surface area contributed by atoms with Crippen LogP contribution in [0.2, 0.25) is 0 Å². The van der Waals surface area contributed by atoms with Gasteiger partial charge >= 0.3 is 0 Å². The Kier molecular flexibility index (Phi) is 6.06. The second kappa shape index (κ2) is 8.09. The number of ether oxygens (including phenoxy) is 1. The van der Waals surface area contributed by atoms with E-state index in [4.69, 9.17) is 4.74 Å². The van der Waals surface area contributed by atoms with E-state index in [1.165, 1.54) is 15.6 Å². The van der Waals surface area contributed by atoms with Crippen LogP contribution in [0.3, 0.4) is 0 Å². The van der Waals surface area contributed by atoms with E-state index in [0.29, 0.717) is 37.1 Å². The largest absolute Gasteiger partial charge is 0.396 e. The molecule has 1 unspecified atom stereocenters. The maximum Gasteiger partial charge on any atom is 0.243 e. The number of hydrogen-bond donors (Lipinski definition) is 1. The summed E-state index contributed by atoms with van der Waals surface area (Å²) in [4.78, 5) is 4.92. The topological polar surface area (TPSA) is 79.7 Å². The van der Waals surface area contributed by atoms with E-state index in [0.717, 1.165) is 34.5 Å². The van der Waals surface area contributed by atoms with Crippen LogP contribution in [0, 0.1) is 5.92 Å². The first-order chi connectivity index (χ1) is 12.0. The maximum absolute atomic E-state index is 12.8. The third kappa shape index (κ3) is 4.20. The molecule has 1 aliphatic heterocycles. The molecule has 138 valence electrons. The van der Waals surface area contributed by atoms with E-state index in [2.05, 4.69) is 11.9 Å². The second-order valence-corrected chi connectivity index (χ2v) is 9.30. The first-order valence-corrected chi connectivity index (χ1v) is 10.9. The average molecular weight is 385 g/mol. The number of rotatable bonds is 7. The van der Waals surface area contributed by atoms with Gasteiger partial charge in [-0.3, -0.25) is 0 Å². The van der Waals surface area contributed by atoms with Crippen molar-refractivity contribution in [3.8, 4) is 0 Å². The first kappa shape index (κ1) is 18.7. The lowest BCUT2D eigenvalue weighted by Crippen LogP contribution is -2.40. The van der Waals surface area contributed by atoms with Gasteiger partial charge in [0.1, 0.15) is 0 Å². The van der Waals surface area contributed by atoms with Crippen LogP contribution in [-0.2, 0) is 21.2 Å². The van der Waals surface area contributed by atoms with Crippen molar-refractivity contribution in [2.24, 2.45) is 5.92 Å². The predicted octanol–water partition coefficient (Wildman–Crippen LogP) is 2.27. The molecule has 1 aromatic carbocycles. The van der Waals surface area contributed by atoms with Crippen LogP contribution in [0.15, 0.2) is 23.1 Å². The highest BCUT2D eigenvalue weighted by Crippen LogP contribution is 2.28. The van der Waals surface area contributed by atoms with Crippen LogP contribution in [0.4, 0.5) is 0 Å². The Morgan fingerprint density at radius 1 is 1.36 bits per heavy atom. The summed E-state index contributed by atoms with van der Waals surface area (Å²) in [5.74, 6) is 0.296. The third-order valence-corrected chi connectivity index (χ3v) is 7.59. The lowest BCUT2D eigenvalue weighted by atomic mass is 10.0. The van der Waals surface area contributed by atoms with E-state index >= 15 is 0 Å². The van der Waals surface area contributed by atoms with Gasteiger partial charge in [0.15, 0.2) is 0 Å². The number of morpholine rings is 1. The number of aryl methyl sites for hydroxylation is 1. The molecule has 3 rings (SSSR count). The minimum absolute atomic E-state index is 0.198. The molecular formula is C17H24N2O4S2. The summed E-state index contributed by atoms with van der Waals surface area (Å²) < 4.78 is 33.1. The van der Waals surface area contributed by atoms with Crippen molar-refractivity contribution in [1.29, 1.82) is 0 Å². The minimum Gasteiger partial charge on any atom is -0.396 e. The standard InChI is InChI=1S/C17H24N2O4S2/c1-2-13(12-20)3-6-17-18-15-5-4-14(11-16(15)24-17)25(21,22)19-7-9-23-10-8-19/h4-5,11,13,20H,2-3,6-10,12H2,1H3. The lowest BCUT2D eigenvalue weighted by Gasteiger charge is -2.25. The molecule has 2 aromatic rings. The zero-order valence-corrected chi connectivity index (χ0v) is 16.0. The zero-order chi connectivity index (χ0) is 17.9. The molecule has 1 saturated heterocycles. The van der Waals surface area contributed by atoms with Gasteiger partial charge in [-0.05, 0) is 37.0 Å². The molecule has 1 aliphatic rings. The predicted molar refractivity (Wildman–Crippen MR) is 98.4 cm³/mol. The van der Waals surface area contributed by atoms with E-state index in [-0.39, 0.29) is 6.61 Å². The number of fused-ring (bicyclic) bond motifs is 1. The van der Waals surface area contributed by atoms with Crippen LogP contribution in [0.5, 0.6) is 0 Å². The Morgan fingerprint density at radius 3 is 2.80 bits per heavy atom. The molecule has 0 bridgehead atoms. The molecule has 0 amide bonds. The first-order valence-electron chi connectivity index (χ1n) is 8.62. The van der Waals surface area contributed by atoms with Gasteiger partial charge in [0.2, 0.25) is 10.0 Å². The van der Waals surface area contributed by atoms with Crippen LogP contribution in [0.1, 0.15) is 24.8 Å². The summed E-state index contributed by atoms with van der Waals surface area (Å²) in [6, 6.07) is 5.15. The van der Waals surface area contributed by atoms with E-state index in [9.17, 15) is 13.5 Å². The molecule has 1 N–H and O–H groups in total. The van der Waals surface area contributed by atoms with Gasteiger partial charge in [0.05, 0.1) is 33.3 Å². The molecule has 0 saturated carbocycles. The summed E-state index contributed by atoms with van der Waals surface area (Å²) in [6.07, 6.45) is 2.65. The van der Waals surface area contributed by atoms with Gasteiger partial charge in [-0.2, -0.15) is 4.31 Å². The number of aromatic nitrogens is 1. The van der Waals surface area contributed by atoms with E-state index in [1.54, 1.807) is 18.2 Å². The van der Waals surface area contributed by atoms with Crippen molar-refractivity contribution >= 4 is 31.6 Å². The molecule has 6 nitrogen and oxygen atoms in total. The molecule has 25 heavy (non-hydrogen) atoms. The van der Waals surface area contributed by atoms with Crippen LogP contribution in [0.25, 0.3) is 10.2 Å². The fourth-order valence-electron chi connectivity index (χ4n) is 2.91. The summed E-state index contributed by atoms with van der Waals surface area (Å²) in [6.45, 7) is 3.94. The molecule has 1 aromatic heterocycles. The number of sulfonamides is 1. The highest BCUT2D eigenvalue weighted by atomic mass is 32.2. The summed E-state index contributed by atoms with van der Waals surface area (Å²) >= 11 is 1.54. The maximum atomic E-state index is 12.8. The SMILES string of the molecule is CCC(CO)CCc1nc2ccc(S(=O)(=O)N3CCOCC3)cc2s1. The Morgan fingerprint density at radius 2 is 2.12 bits per heavy atom. The Balaban J connectivity index is 1.80.